The molecule has 7 heteroatoms. The van der Waals surface area contributed by atoms with Crippen molar-refractivity contribution in [2.75, 3.05) is 6.61 Å². The third-order valence-corrected chi connectivity index (χ3v) is 3.53. The zero-order valence-electron chi connectivity index (χ0n) is 13.9. The van der Waals surface area contributed by atoms with E-state index >= 15 is 0 Å². The number of nitrogens with zero attached hydrogens (tertiary/aromatic N) is 2. The van der Waals surface area contributed by atoms with E-state index in [0.717, 1.165) is 18.7 Å². The molecule has 1 heterocycles. The fourth-order valence-electron chi connectivity index (χ4n) is 2.39. The molecule has 1 unspecified atom stereocenters. The number of hydrogen-bond donors (Lipinski definition) is 2. The highest BCUT2D eigenvalue weighted by Gasteiger charge is 2.18. The molecule has 2 rings (SSSR count). The molecule has 0 aliphatic rings. The van der Waals surface area contributed by atoms with Crippen LogP contribution in [0.5, 0.6) is 5.75 Å². The number of nitrogens with one attached hydrogen (secondary N) is 1. The summed E-state index contributed by atoms with van der Waals surface area (Å²) in [5.74, 6) is 0.445. The van der Waals surface area contributed by atoms with E-state index in [4.69, 9.17) is 10.5 Å². The largest absolute Gasteiger partial charge is 0.484 e. The van der Waals surface area contributed by atoms with E-state index in [0.29, 0.717) is 11.3 Å². The second kappa shape index (κ2) is 8.14. The van der Waals surface area contributed by atoms with Crippen molar-refractivity contribution in [1.82, 2.24) is 14.9 Å². The van der Waals surface area contributed by atoms with Gasteiger partial charge in [-0.2, -0.15) is 0 Å². The van der Waals surface area contributed by atoms with Gasteiger partial charge in [0.2, 0.25) is 0 Å². The molecule has 3 N–H and O–H groups in total. The van der Waals surface area contributed by atoms with Gasteiger partial charge in [0, 0.05) is 25.0 Å². The number of aryl methyl sites for hydroxylation is 1. The zero-order valence-corrected chi connectivity index (χ0v) is 13.9. The van der Waals surface area contributed by atoms with Gasteiger partial charge in [-0.05, 0) is 24.6 Å². The van der Waals surface area contributed by atoms with Gasteiger partial charge in [0.15, 0.2) is 6.61 Å². The predicted molar refractivity (Wildman–Crippen MR) is 89.5 cm³/mol. The number of amides is 2. The average Bonchev–Trinajstić information content (AvgIpc) is 2.98. The molecule has 2 amide bonds. The lowest BCUT2D eigenvalue weighted by molar-refractivity contribution is -0.119. The smallest absolute Gasteiger partial charge is 0.255 e. The van der Waals surface area contributed by atoms with Crippen molar-refractivity contribution in [3.8, 4) is 5.75 Å². The minimum atomic E-state index is -0.567. The van der Waals surface area contributed by atoms with Gasteiger partial charge in [0.25, 0.3) is 11.8 Å². The minimum Gasteiger partial charge on any atom is -0.484 e. The summed E-state index contributed by atoms with van der Waals surface area (Å²) >= 11 is 0. The van der Waals surface area contributed by atoms with E-state index < -0.39 is 5.91 Å². The molecule has 0 radical (unpaired) electrons. The van der Waals surface area contributed by atoms with E-state index in [1.807, 2.05) is 17.8 Å². The Labute approximate surface area is 140 Å². The first-order valence-corrected chi connectivity index (χ1v) is 7.80. The average molecular weight is 330 g/mol. The Kier molecular flexibility index (Phi) is 5.95. The summed E-state index contributed by atoms with van der Waals surface area (Å²) in [6.45, 7) is 1.83. The molecule has 0 bridgehead atoms. The van der Waals surface area contributed by atoms with E-state index in [1.54, 1.807) is 30.5 Å². The standard InChI is InChI=1S/C17H22N4O3/c1-3-5-14(16-19-8-9-21(16)2)20-17(23)12-6-4-7-13(10-12)24-11-15(18)22/h4,6-10,14H,3,5,11H2,1-2H3,(H2,18,22)(H,20,23). The lowest BCUT2D eigenvalue weighted by Gasteiger charge is -2.18. The molecule has 24 heavy (non-hydrogen) atoms. The van der Waals surface area contributed by atoms with Gasteiger partial charge in [-0.1, -0.05) is 19.4 Å². The monoisotopic (exact) mass is 330 g/mol. The Morgan fingerprint density at radius 3 is 2.83 bits per heavy atom. The Hall–Kier alpha value is -2.83. The van der Waals surface area contributed by atoms with Crippen LogP contribution in [0.3, 0.4) is 0 Å². The maximum absolute atomic E-state index is 12.5. The van der Waals surface area contributed by atoms with Gasteiger partial charge < -0.3 is 20.4 Å². The number of carbonyl (C=O) groups excluding carboxylic acids is 2. The van der Waals surface area contributed by atoms with Crippen LogP contribution >= 0.6 is 0 Å². The van der Waals surface area contributed by atoms with E-state index in [9.17, 15) is 9.59 Å². The molecule has 128 valence electrons. The molecule has 1 aromatic heterocycles. The van der Waals surface area contributed by atoms with Crippen LogP contribution < -0.4 is 15.8 Å². The molecule has 0 fully saturated rings. The number of ether oxygens (including phenoxy) is 1. The first-order chi connectivity index (χ1) is 11.5. The summed E-state index contributed by atoms with van der Waals surface area (Å²) in [6.07, 6.45) is 5.26. The minimum absolute atomic E-state index is 0.169. The maximum Gasteiger partial charge on any atom is 0.255 e. The molecule has 0 saturated heterocycles. The highest BCUT2D eigenvalue weighted by Crippen LogP contribution is 2.18. The van der Waals surface area contributed by atoms with Crippen molar-refractivity contribution in [2.24, 2.45) is 12.8 Å². The van der Waals surface area contributed by atoms with Gasteiger partial charge in [-0.15, -0.1) is 0 Å². The highest BCUT2D eigenvalue weighted by molar-refractivity contribution is 5.94. The third kappa shape index (κ3) is 4.58. The fourth-order valence-corrected chi connectivity index (χ4v) is 2.39. The summed E-state index contributed by atoms with van der Waals surface area (Å²) in [4.78, 5) is 27.6. The lowest BCUT2D eigenvalue weighted by Crippen LogP contribution is -2.30. The SMILES string of the molecule is CCCC(NC(=O)c1cccc(OCC(N)=O)c1)c1nccn1C. The van der Waals surface area contributed by atoms with Crippen LogP contribution in [0.4, 0.5) is 0 Å². The molecule has 0 aliphatic heterocycles. The normalized spacial score (nSPS) is 11.8. The van der Waals surface area contributed by atoms with Crippen LogP contribution in [0.25, 0.3) is 0 Å². The Balaban J connectivity index is 2.11. The van der Waals surface area contributed by atoms with E-state index in [1.165, 1.54) is 0 Å². The zero-order chi connectivity index (χ0) is 17.5. The molecule has 1 atom stereocenters. The number of carbonyl (C=O) groups is 2. The highest BCUT2D eigenvalue weighted by atomic mass is 16.5. The quantitative estimate of drug-likeness (QED) is 0.767. The molecule has 0 spiro atoms. The number of benzene rings is 1. The Morgan fingerprint density at radius 1 is 1.42 bits per heavy atom. The second-order valence-corrected chi connectivity index (χ2v) is 5.49. The topological polar surface area (TPSA) is 99.2 Å². The van der Waals surface area contributed by atoms with Crippen molar-refractivity contribution in [2.45, 2.75) is 25.8 Å². The summed E-state index contributed by atoms with van der Waals surface area (Å²) in [5, 5.41) is 3.00. The van der Waals surface area contributed by atoms with Crippen LogP contribution in [0.15, 0.2) is 36.7 Å². The van der Waals surface area contributed by atoms with Gasteiger partial charge in [-0.3, -0.25) is 9.59 Å². The second-order valence-electron chi connectivity index (χ2n) is 5.49. The lowest BCUT2D eigenvalue weighted by atomic mass is 10.1. The maximum atomic E-state index is 12.5. The number of nitrogens with two attached hydrogens (primary N) is 1. The van der Waals surface area contributed by atoms with Gasteiger partial charge in [0.1, 0.15) is 11.6 Å². The van der Waals surface area contributed by atoms with Crippen LogP contribution in [0.2, 0.25) is 0 Å². The summed E-state index contributed by atoms with van der Waals surface area (Å²) in [6, 6.07) is 6.47. The Morgan fingerprint density at radius 2 is 2.21 bits per heavy atom. The molecule has 1 aromatic carbocycles. The van der Waals surface area contributed by atoms with Crippen molar-refractivity contribution in [1.29, 1.82) is 0 Å². The summed E-state index contributed by atoms with van der Waals surface area (Å²) in [7, 11) is 1.90. The van der Waals surface area contributed by atoms with E-state index in [2.05, 4.69) is 17.2 Å². The Bertz CT molecular complexity index is 711. The van der Waals surface area contributed by atoms with Gasteiger partial charge >= 0.3 is 0 Å². The van der Waals surface area contributed by atoms with Crippen molar-refractivity contribution in [3.63, 3.8) is 0 Å². The third-order valence-electron chi connectivity index (χ3n) is 3.53. The molecule has 0 saturated carbocycles. The summed E-state index contributed by atoms with van der Waals surface area (Å²) < 4.78 is 7.13. The first-order valence-electron chi connectivity index (χ1n) is 7.80. The molecule has 0 aliphatic carbocycles. The molecular weight excluding hydrogens is 308 g/mol. The van der Waals surface area contributed by atoms with Crippen LogP contribution in [0, 0.1) is 0 Å². The molecule has 7 nitrogen and oxygen atoms in total. The van der Waals surface area contributed by atoms with Crippen LogP contribution in [0.1, 0.15) is 42.0 Å². The number of rotatable bonds is 8. The number of aromatic nitrogens is 2. The van der Waals surface area contributed by atoms with Crippen LogP contribution in [-0.2, 0) is 11.8 Å². The van der Waals surface area contributed by atoms with Crippen LogP contribution in [-0.4, -0.2) is 28.0 Å². The molecular formula is C17H22N4O3. The number of primary amides is 1. The number of imidazole rings is 1. The van der Waals surface area contributed by atoms with Gasteiger partial charge in [0.05, 0.1) is 6.04 Å². The van der Waals surface area contributed by atoms with Crippen molar-refractivity contribution >= 4 is 11.8 Å². The summed E-state index contributed by atoms with van der Waals surface area (Å²) in [5.41, 5.74) is 5.50. The van der Waals surface area contributed by atoms with E-state index in [-0.39, 0.29) is 18.6 Å². The van der Waals surface area contributed by atoms with Gasteiger partial charge in [-0.25, -0.2) is 4.98 Å². The van der Waals surface area contributed by atoms with Crippen molar-refractivity contribution < 1.29 is 14.3 Å². The van der Waals surface area contributed by atoms with Crippen molar-refractivity contribution in [3.05, 3.63) is 48.0 Å². The molecule has 2 aromatic rings. The fraction of sp³-hybridized carbons (Fsp3) is 0.353. The predicted octanol–water partition coefficient (Wildman–Crippen LogP) is 1.56. The number of hydrogen-bond acceptors (Lipinski definition) is 4. The first kappa shape index (κ1) is 17.5.